The van der Waals surface area contributed by atoms with Gasteiger partial charge in [0.15, 0.2) is 5.78 Å². The number of allylic oxidation sites excluding steroid dienone is 1. The highest BCUT2D eigenvalue weighted by Gasteiger charge is 2.09. The summed E-state index contributed by atoms with van der Waals surface area (Å²) >= 11 is 0. The SMILES string of the molecule is COc1ccc(COc2ccc(C=CC(=O)c3ccc(O)cc3O)c(O)c2)cc1. The molecule has 3 rings (SSSR count). The van der Waals surface area contributed by atoms with Gasteiger partial charge in [0.25, 0.3) is 0 Å². The normalized spacial score (nSPS) is 10.8. The van der Waals surface area contributed by atoms with Crippen molar-refractivity contribution in [1.29, 1.82) is 0 Å². The summed E-state index contributed by atoms with van der Waals surface area (Å²) in [6, 6.07) is 16.0. The molecule has 0 unspecified atom stereocenters. The number of ketones is 1. The van der Waals surface area contributed by atoms with E-state index in [1.54, 1.807) is 19.2 Å². The minimum atomic E-state index is -0.457. The maximum Gasteiger partial charge on any atom is 0.189 e. The van der Waals surface area contributed by atoms with Gasteiger partial charge in [-0.15, -0.1) is 0 Å². The van der Waals surface area contributed by atoms with Gasteiger partial charge in [-0.3, -0.25) is 4.79 Å². The fourth-order valence-corrected chi connectivity index (χ4v) is 2.63. The molecule has 3 N–H and O–H groups in total. The van der Waals surface area contributed by atoms with Crippen molar-refractivity contribution >= 4 is 11.9 Å². The smallest absolute Gasteiger partial charge is 0.189 e. The molecule has 6 heteroatoms. The van der Waals surface area contributed by atoms with E-state index in [2.05, 4.69) is 0 Å². The molecule has 0 aromatic heterocycles. The first kappa shape index (κ1) is 19.8. The Kier molecular flexibility index (Phi) is 6.04. The third-order valence-electron chi connectivity index (χ3n) is 4.23. The highest BCUT2D eigenvalue weighted by atomic mass is 16.5. The lowest BCUT2D eigenvalue weighted by atomic mass is 10.1. The molecule has 0 bridgehead atoms. The first-order valence-electron chi connectivity index (χ1n) is 8.79. The summed E-state index contributed by atoms with van der Waals surface area (Å²) in [6.45, 7) is 0.331. The Morgan fingerprint density at radius 2 is 1.62 bits per heavy atom. The van der Waals surface area contributed by atoms with Gasteiger partial charge < -0.3 is 24.8 Å². The summed E-state index contributed by atoms with van der Waals surface area (Å²) in [5.41, 5.74) is 1.43. The first-order chi connectivity index (χ1) is 14.0. The van der Waals surface area contributed by atoms with Crippen LogP contribution in [0.4, 0.5) is 0 Å². The largest absolute Gasteiger partial charge is 0.508 e. The molecular weight excluding hydrogens is 372 g/mol. The van der Waals surface area contributed by atoms with Gasteiger partial charge in [-0.1, -0.05) is 12.1 Å². The summed E-state index contributed by atoms with van der Waals surface area (Å²) in [5.74, 6) is 0.297. The van der Waals surface area contributed by atoms with Crippen LogP contribution in [0.15, 0.2) is 66.7 Å². The number of phenols is 3. The minimum Gasteiger partial charge on any atom is -0.508 e. The predicted molar refractivity (Wildman–Crippen MR) is 109 cm³/mol. The van der Waals surface area contributed by atoms with Crippen molar-refractivity contribution in [2.45, 2.75) is 6.61 Å². The number of carbonyl (C=O) groups excluding carboxylic acids is 1. The van der Waals surface area contributed by atoms with Crippen molar-refractivity contribution < 1.29 is 29.6 Å². The zero-order valence-corrected chi connectivity index (χ0v) is 15.7. The van der Waals surface area contributed by atoms with Gasteiger partial charge in [-0.05, 0) is 54.1 Å². The quantitative estimate of drug-likeness (QED) is 0.410. The van der Waals surface area contributed by atoms with E-state index in [1.807, 2.05) is 24.3 Å². The number of aromatic hydroxyl groups is 3. The van der Waals surface area contributed by atoms with Crippen LogP contribution in [0.1, 0.15) is 21.5 Å². The van der Waals surface area contributed by atoms with E-state index < -0.39 is 5.78 Å². The lowest BCUT2D eigenvalue weighted by Gasteiger charge is -2.08. The summed E-state index contributed by atoms with van der Waals surface area (Å²) in [6.07, 6.45) is 2.68. The third-order valence-corrected chi connectivity index (χ3v) is 4.23. The molecule has 0 atom stereocenters. The van der Waals surface area contributed by atoms with E-state index in [-0.39, 0.29) is 22.8 Å². The molecule has 6 nitrogen and oxygen atoms in total. The molecule has 0 aliphatic rings. The van der Waals surface area contributed by atoms with Crippen LogP contribution in [0.5, 0.6) is 28.7 Å². The van der Waals surface area contributed by atoms with E-state index in [0.29, 0.717) is 17.9 Å². The van der Waals surface area contributed by atoms with Crippen molar-refractivity contribution in [3.63, 3.8) is 0 Å². The lowest BCUT2D eigenvalue weighted by molar-refractivity contribution is 0.104. The van der Waals surface area contributed by atoms with Crippen LogP contribution in [0.3, 0.4) is 0 Å². The monoisotopic (exact) mass is 392 g/mol. The number of hydrogen-bond donors (Lipinski definition) is 3. The fraction of sp³-hybridized carbons (Fsp3) is 0.0870. The van der Waals surface area contributed by atoms with Crippen LogP contribution in [-0.4, -0.2) is 28.2 Å². The molecule has 0 radical (unpaired) electrons. The van der Waals surface area contributed by atoms with Gasteiger partial charge in [0, 0.05) is 17.7 Å². The molecule has 3 aromatic carbocycles. The summed E-state index contributed by atoms with van der Waals surface area (Å²) in [7, 11) is 1.60. The molecule has 0 fully saturated rings. The zero-order valence-electron chi connectivity index (χ0n) is 15.7. The van der Waals surface area contributed by atoms with E-state index in [4.69, 9.17) is 9.47 Å². The Morgan fingerprint density at radius 3 is 2.28 bits per heavy atom. The standard InChI is InChI=1S/C23H20O6/c1-28-18-7-2-15(3-8-18)14-29-19-9-4-16(22(26)13-19)5-11-21(25)20-10-6-17(24)12-23(20)27/h2-13,24,26-27H,14H2,1H3. The Hall–Kier alpha value is -3.93. The van der Waals surface area contributed by atoms with Gasteiger partial charge in [0.1, 0.15) is 35.4 Å². The first-order valence-corrected chi connectivity index (χ1v) is 8.79. The molecular formula is C23H20O6. The Morgan fingerprint density at radius 1 is 0.897 bits per heavy atom. The second kappa shape index (κ2) is 8.84. The van der Waals surface area contributed by atoms with Crippen LogP contribution in [-0.2, 0) is 6.61 Å². The van der Waals surface area contributed by atoms with Crippen molar-refractivity contribution in [2.75, 3.05) is 7.11 Å². The van der Waals surface area contributed by atoms with E-state index >= 15 is 0 Å². The Labute approximate surface area is 167 Å². The molecule has 0 saturated heterocycles. The molecule has 148 valence electrons. The molecule has 0 amide bonds. The Bertz CT molecular complexity index is 1040. The van der Waals surface area contributed by atoms with Crippen molar-refractivity contribution in [2.24, 2.45) is 0 Å². The number of benzene rings is 3. The molecule has 3 aromatic rings. The van der Waals surface area contributed by atoms with Crippen LogP contribution in [0.2, 0.25) is 0 Å². The molecule has 0 heterocycles. The maximum atomic E-state index is 12.2. The zero-order chi connectivity index (χ0) is 20.8. The highest BCUT2D eigenvalue weighted by molar-refractivity contribution is 6.08. The van der Waals surface area contributed by atoms with Crippen LogP contribution in [0.25, 0.3) is 6.08 Å². The minimum absolute atomic E-state index is 0.0452. The van der Waals surface area contributed by atoms with E-state index in [9.17, 15) is 20.1 Å². The summed E-state index contributed by atoms with van der Waals surface area (Å²) < 4.78 is 10.8. The Balaban J connectivity index is 1.65. The number of phenolic OH excluding ortho intramolecular Hbond substituents is 3. The lowest BCUT2D eigenvalue weighted by Crippen LogP contribution is -1.96. The number of rotatable bonds is 7. The van der Waals surface area contributed by atoms with Crippen LogP contribution < -0.4 is 9.47 Å². The highest BCUT2D eigenvalue weighted by Crippen LogP contribution is 2.27. The van der Waals surface area contributed by atoms with Gasteiger partial charge in [0.05, 0.1) is 12.7 Å². The fourth-order valence-electron chi connectivity index (χ4n) is 2.63. The summed E-state index contributed by atoms with van der Waals surface area (Å²) in [5, 5.41) is 29.2. The predicted octanol–water partition coefficient (Wildman–Crippen LogP) is 4.29. The number of carbonyl (C=O) groups is 1. The van der Waals surface area contributed by atoms with Gasteiger partial charge >= 0.3 is 0 Å². The average molecular weight is 392 g/mol. The maximum absolute atomic E-state index is 12.2. The second-order valence-electron chi connectivity index (χ2n) is 6.26. The van der Waals surface area contributed by atoms with Crippen molar-refractivity contribution in [3.05, 3.63) is 83.4 Å². The van der Waals surface area contributed by atoms with Gasteiger partial charge in [0.2, 0.25) is 0 Å². The molecule has 0 aliphatic carbocycles. The average Bonchev–Trinajstić information content (AvgIpc) is 2.71. The van der Waals surface area contributed by atoms with Crippen LogP contribution >= 0.6 is 0 Å². The van der Waals surface area contributed by atoms with Crippen LogP contribution in [0, 0.1) is 0 Å². The second-order valence-corrected chi connectivity index (χ2v) is 6.26. The third kappa shape index (κ3) is 5.07. The topological polar surface area (TPSA) is 96.2 Å². The molecule has 29 heavy (non-hydrogen) atoms. The summed E-state index contributed by atoms with van der Waals surface area (Å²) in [4.78, 5) is 12.2. The van der Waals surface area contributed by atoms with Gasteiger partial charge in [-0.25, -0.2) is 0 Å². The number of hydrogen-bond acceptors (Lipinski definition) is 6. The van der Waals surface area contributed by atoms with E-state index in [1.165, 1.54) is 30.4 Å². The van der Waals surface area contributed by atoms with Gasteiger partial charge in [-0.2, -0.15) is 0 Å². The molecule has 0 saturated carbocycles. The number of ether oxygens (including phenoxy) is 2. The molecule has 0 aliphatic heterocycles. The van der Waals surface area contributed by atoms with Crippen molar-refractivity contribution in [1.82, 2.24) is 0 Å². The van der Waals surface area contributed by atoms with Crippen molar-refractivity contribution in [3.8, 4) is 28.7 Å². The van der Waals surface area contributed by atoms with E-state index in [0.717, 1.165) is 17.4 Å². The molecule has 0 spiro atoms. The number of methoxy groups -OCH3 is 1.